The van der Waals surface area contributed by atoms with Crippen LogP contribution in [-0.4, -0.2) is 19.2 Å². The predicted octanol–water partition coefficient (Wildman–Crippen LogP) is 5.06. The second-order valence-corrected chi connectivity index (χ2v) is 6.36. The van der Waals surface area contributed by atoms with Crippen LogP contribution in [0.25, 0.3) is 23.4 Å². The van der Waals surface area contributed by atoms with Gasteiger partial charge in [0.25, 0.3) is 0 Å². The Morgan fingerprint density at radius 3 is 2.59 bits per heavy atom. The van der Waals surface area contributed by atoms with Crippen molar-refractivity contribution < 1.29 is 9.47 Å². The van der Waals surface area contributed by atoms with Gasteiger partial charge in [-0.05, 0) is 41.8 Å². The van der Waals surface area contributed by atoms with Crippen molar-refractivity contribution in [1.29, 1.82) is 0 Å². The number of nitrogens with zero attached hydrogens (tertiary/aromatic N) is 1. The molecule has 0 unspecified atom stereocenters. The van der Waals surface area contributed by atoms with Gasteiger partial charge in [0.2, 0.25) is 0 Å². The van der Waals surface area contributed by atoms with Crippen LogP contribution in [0.4, 0.5) is 0 Å². The summed E-state index contributed by atoms with van der Waals surface area (Å²) in [5.41, 5.74) is 1.96. The van der Waals surface area contributed by atoms with Crippen LogP contribution in [0.5, 0.6) is 11.5 Å². The van der Waals surface area contributed by atoms with Gasteiger partial charge in [0.05, 0.1) is 19.9 Å². The number of thiazole rings is 1. The van der Waals surface area contributed by atoms with Crippen LogP contribution in [0.3, 0.4) is 0 Å². The predicted molar refractivity (Wildman–Crippen MR) is 93.9 cm³/mol. The van der Waals surface area contributed by atoms with Gasteiger partial charge < -0.3 is 9.47 Å². The summed E-state index contributed by atoms with van der Waals surface area (Å²) >= 11 is 3.34. The maximum absolute atomic E-state index is 5.34. The smallest absolute Gasteiger partial charge is 0.161 e. The van der Waals surface area contributed by atoms with Crippen LogP contribution >= 0.6 is 22.7 Å². The topological polar surface area (TPSA) is 31.4 Å². The second-order valence-electron chi connectivity index (χ2n) is 4.49. The summed E-state index contributed by atoms with van der Waals surface area (Å²) in [7, 11) is 3.27. The van der Waals surface area contributed by atoms with Crippen molar-refractivity contribution in [1.82, 2.24) is 4.98 Å². The van der Waals surface area contributed by atoms with E-state index in [-0.39, 0.29) is 0 Å². The first kappa shape index (κ1) is 14.8. The average molecular weight is 329 g/mol. The van der Waals surface area contributed by atoms with E-state index in [0.29, 0.717) is 5.75 Å². The van der Waals surface area contributed by atoms with Crippen LogP contribution < -0.4 is 9.47 Å². The van der Waals surface area contributed by atoms with Crippen LogP contribution in [0.2, 0.25) is 0 Å². The van der Waals surface area contributed by atoms with Gasteiger partial charge >= 0.3 is 0 Å². The Morgan fingerprint density at radius 2 is 1.86 bits per heavy atom. The molecule has 0 N–H and O–H groups in total. The van der Waals surface area contributed by atoms with E-state index in [1.807, 2.05) is 30.3 Å². The Balaban J connectivity index is 1.84. The summed E-state index contributed by atoms with van der Waals surface area (Å²) in [6.45, 7) is 0. The first-order valence-electron chi connectivity index (χ1n) is 6.69. The number of methoxy groups -OCH3 is 2. The second kappa shape index (κ2) is 6.77. The summed E-state index contributed by atoms with van der Waals surface area (Å²) in [4.78, 5) is 5.88. The molecule has 0 radical (unpaired) electrons. The lowest BCUT2D eigenvalue weighted by molar-refractivity contribution is 0.355. The number of benzene rings is 1. The van der Waals surface area contributed by atoms with Crippen molar-refractivity contribution in [3.05, 3.63) is 51.0 Å². The molecule has 0 bridgehead atoms. The van der Waals surface area contributed by atoms with E-state index in [1.165, 1.54) is 4.88 Å². The summed E-state index contributed by atoms with van der Waals surface area (Å²) in [6, 6.07) is 9.96. The highest BCUT2D eigenvalue weighted by Gasteiger charge is 2.08. The van der Waals surface area contributed by atoms with Crippen molar-refractivity contribution in [2.45, 2.75) is 0 Å². The fourth-order valence-electron chi connectivity index (χ4n) is 2.03. The average Bonchev–Trinajstić information content (AvgIpc) is 3.23. The molecule has 0 saturated heterocycles. The molecule has 5 heteroatoms. The lowest BCUT2D eigenvalue weighted by Gasteiger charge is -2.08. The highest BCUT2D eigenvalue weighted by Crippen LogP contribution is 2.32. The Bertz CT molecular complexity index is 776. The molecule has 0 amide bonds. The molecule has 3 aromatic rings. The minimum atomic E-state index is 0.712. The molecule has 0 aliphatic rings. The van der Waals surface area contributed by atoms with Gasteiger partial charge in [-0.3, -0.25) is 0 Å². The minimum Gasteiger partial charge on any atom is -0.493 e. The van der Waals surface area contributed by atoms with Gasteiger partial charge in [0, 0.05) is 15.8 Å². The van der Waals surface area contributed by atoms with E-state index in [1.54, 1.807) is 36.9 Å². The number of hydrogen-bond donors (Lipinski definition) is 0. The fourth-order valence-corrected chi connectivity index (χ4v) is 3.37. The third-order valence-electron chi connectivity index (χ3n) is 3.13. The lowest BCUT2D eigenvalue weighted by Crippen LogP contribution is -1.90. The number of ether oxygens (including phenoxy) is 2. The molecular formula is C17H15NO2S2. The fraction of sp³-hybridized carbons (Fsp3) is 0.118. The molecule has 22 heavy (non-hydrogen) atoms. The summed E-state index contributed by atoms with van der Waals surface area (Å²) < 4.78 is 10.6. The first-order valence-corrected chi connectivity index (χ1v) is 8.45. The van der Waals surface area contributed by atoms with Crippen LogP contribution in [0, 0.1) is 0 Å². The van der Waals surface area contributed by atoms with Crippen molar-refractivity contribution in [2.24, 2.45) is 0 Å². The molecule has 2 aromatic heterocycles. The zero-order chi connectivity index (χ0) is 15.4. The standard InChI is InChI=1S/C17H15NO2S2/c1-19-15-7-5-12(10-16(15)20-2)14-11-22-17(18-14)8-6-13-4-3-9-21-13/h3-11H,1-2H3/b8-6+. The van der Waals surface area contributed by atoms with Gasteiger partial charge in [0.1, 0.15) is 5.01 Å². The summed E-state index contributed by atoms with van der Waals surface area (Å²) in [5, 5.41) is 5.10. The lowest BCUT2D eigenvalue weighted by atomic mass is 10.1. The number of hydrogen-bond acceptors (Lipinski definition) is 5. The normalized spacial score (nSPS) is 11.0. The molecule has 2 heterocycles. The monoisotopic (exact) mass is 329 g/mol. The highest BCUT2D eigenvalue weighted by molar-refractivity contribution is 7.11. The molecule has 0 aliphatic heterocycles. The summed E-state index contributed by atoms with van der Waals surface area (Å²) in [6.07, 6.45) is 4.13. The Hall–Kier alpha value is -2.11. The maximum atomic E-state index is 5.34. The van der Waals surface area contributed by atoms with Crippen LogP contribution in [-0.2, 0) is 0 Å². The number of thiophene rings is 1. The quantitative estimate of drug-likeness (QED) is 0.655. The van der Waals surface area contributed by atoms with Gasteiger partial charge in [0.15, 0.2) is 11.5 Å². The number of aromatic nitrogens is 1. The van der Waals surface area contributed by atoms with E-state index >= 15 is 0 Å². The molecule has 112 valence electrons. The molecule has 3 nitrogen and oxygen atoms in total. The minimum absolute atomic E-state index is 0.712. The highest BCUT2D eigenvalue weighted by atomic mass is 32.1. The van der Waals surface area contributed by atoms with Crippen molar-refractivity contribution in [2.75, 3.05) is 14.2 Å². The summed E-state index contributed by atoms with van der Waals surface area (Å²) in [5.74, 6) is 1.43. The third-order valence-corrected chi connectivity index (χ3v) is 4.78. The van der Waals surface area contributed by atoms with Crippen molar-refractivity contribution in [3.63, 3.8) is 0 Å². The first-order chi connectivity index (χ1) is 10.8. The van der Waals surface area contributed by atoms with E-state index in [0.717, 1.165) is 22.0 Å². The van der Waals surface area contributed by atoms with Gasteiger partial charge in [-0.1, -0.05) is 6.07 Å². The van der Waals surface area contributed by atoms with Crippen LogP contribution in [0.15, 0.2) is 41.1 Å². The molecule has 1 aromatic carbocycles. The molecule has 0 atom stereocenters. The van der Waals surface area contributed by atoms with Crippen molar-refractivity contribution >= 4 is 34.8 Å². The SMILES string of the molecule is COc1ccc(-c2csc(/C=C/c3cccs3)n2)cc1OC. The Kier molecular flexibility index (Phi) is 4.56. The maximum Gasteiger partial charge on any atom is 0.161 e. The van der Waals surface area contributed by atoms with Crippen molar-refractivity contribution in [3.8, 4) is 22.8 Å². The van der Waals surface area contributed by atoms with E-state index in [9.17, 15) is 0 Å². The van der Waals surface area contributed by atoms with E-state index in [4.69, 9.17) is 9.47 Å². The molecule has 0 spiro atoms. The Labute approximate surface area is 137 Å². The van der Waals surface area contributed by atoms with Gasteiger partial charge in [-0.25, -0.2) is 4.98 Å². The van der Waals surface area contributed by atoms with Gasteiger partial charge in [-0.2, -0.15) is 0 Å². The Morgan fingerprint density at radius 1 is 1.00 bits per heavy atom. The molecule has 0 fully saturated rings. The molecule has 0 saturated carbocycles. The third kappa shape index (κ3) is 3.21. The molecule has 0 aliphatic carbocycles. The van der Waals surface area contributed by atoms with E-state index < -0.39 is 0 Å². The van der Waals surface area contributed by atoms with E-state index in [2.05, 4.69) is 27.9 Å². The molecular weight excluding hydrogens is 314 g/mol. The largest absolute Gasteiger partial charge is 0.493 e. The zero-order valence-corrected chi connectivity index (χ0v) is 13.9. The van der Waals surface area contributed by atoms with Crippen LogP contribution in [0.1, 0.15) is 9.88 Å². The van der Waals surface area contributed by atoms with Gasteiger partial charge in [-0.15, -0.1) is 22.7 Å². The molecule has 3 rings (SSSR count). The number of rotatable bonds is 5. The zero-order valence-electron chi connectivity index (χ0n) is 12.3.